The molecule has 0 saturated carbocycles. The predicted molar refractivity (Wildman–Crippen MR) is 69.1 cm³/mol. The van der Waals surface area contributed by atoms with Gasteiger partial charge in [0.1, 0.15) is 11.5 Å². The molecule has 0 atom stereocenters. The van der Waals surface area contributed by atoms with Gasteiger partial charge in [-0.15, -0.1) is 0 Å². The van der Waals surface area contributed by atoms with Gasteiger partial charge >= 0.3 is 0 Å². The fourth-order valence-corrected chi connectivity index (χ4v) is 1.55. The highest BCUT2D eigenvalue weighted by molar-refractivity contribution is 5.63. The van der Waals surface area contributed by atoms with Crippen molar-refractivity contribution in [1.29, 1.82) is 0 Å². The van der Waals surface area contributed by atoms with E-state index in [1.165, 1.54) is 0 Å². The van der Waals surface area contributed by atoms with Crippen LogP contribution >= 0.6 is 0 Å². The lowest BCUT2D eigenvalue weighted by Gasteiger charge is -2.09. The number of aryl methyl sites for hydroxylation is 1. The van der Waals surface area contributed by atoms with Crippen LogP contribution in [0.15, 0.2) is 42.5 Å². The number of aromatic hydroxyl groups is 1. The number of benzene rings is 2. The number of anilines is 2. The van der Waals surface area contributed by atoms with Crippen LogP contribution in [0.4, 0.5) is 11.4 Å². The first-order valence-corrected chi connectivity index (χ1v) is 5.40. The van der Waals surface area contributed by atoms with Crippen LogP contribution in [0.2, 0.25) is 0 Å². The van der Waals surface area contributed by atoms with E-state index in [1.54, 1.807) is 13.2 Å². The van der Waals surface area contributed by atoms with E-state index in [0.717, 1.165) is 22.7 Å². The minimum atomic E-state index is 0.290. The van der Waals surface area contributed by atoms with Crippen molar-refractivity contribution in [2.75, 3.05) is 12.4 Å². The van der Waals surface area contributed by atoms with E-state index >= 15 is 0 Å². The minimum absolute atomic E-state index is 0.290. The molecule has 0 saturated heterocycles. The van der Waals surface area contributed by atoms with Gasteiger partial charge in [-0.25, -0.2) is 0 Å². The molecule has 2 rings (SSSR count). The van der Waals surface area contributed by atoms with Gasteiger partial charge in [-0.05, 0) is 30.7 Å². The van der Waals surface area contributed by atoms with Crippen molar-refractivity contribution in [3.63, 3.8) is 0 Å². The molecular weight excluding hydrogens is 214 g/mol. The van der Waals surface area contributed by atoms with Crippen molar-refractivity contribution in [2.24, 2.45) is 0 Å². The van der Waals surface area contributed by atoms with Crippen LogP contribution in [-0.2, 0) is 0 Å². The van der Waals surface area contributed by atoms with Gasteiger partial charge in [0.25, 0.3) is 0 Å². The van der Waals surface area contributed by atoms with E-state index in [0.29, 0.717) is 0 Å². The fraction of sp³-hybridized carbons (Fsp3) is 0.143. The zero-order valence-electron chi connectivity index (χ0n) is 9.90. The second kappa shape index (κ2) is 4.78. The molecule has 0 aliphatic carbocycles. The summed E-state index contributed by atoms with van der Waals surface area (Å²) < 4.78 is 5.15. The van der Waals surface area contributed by atoms with Crippen LogP contribution in [0.5, 0.6) is 11.5 Å². The molecule has 2 N–H and O–H groups in total. The second-order valence-electron chi connectivity index (χ2n) is 3.86. The molecule has 0 spiro atoms. The zero-order valence-corrected chi connectivity index (χ0v) is 9.90. The van der Waals surface area contributed by atoms with Crippen molar-refractivity contribution in [3.8, 4) is 11.5 Å². The average Bonchev–Trinajstić information content (AvgIpc) is 2.34. The molecule has 0 fully saturated rings. The quantitative estimate of drug-likeness (QED) is 0.847. The zero-order chi connectivity index (χ0) is 12.3. The Bertz CT molecular complexity index is 523. The van der Waals surface area contributed by atoms with E-state index in [1.807, 2.05) is 43.3 Å². The molecule has 2 aromatic rings. The summed E-state index contributed by atoms with van der Waals surface area (Å²) in [4.78, 5) is 0. The van der Waals surface area contributed by atoms with Crippen LogP contribution in [-0.4, -0.2) is 12.2 Å². The van der Waals surface area contributed by atoms with E-state index in [9.17, 15) is 5.11 Å². The molecule has 0 bridgehead atoms. The molecule has 0 aliphatic heterocycles. The number of rotatable bonds is 3. The van der Waals surface area contributed by atoms with Crippen LogP contribution in [0.25, 0.3) is 0 Å². The molecule has 0 heterocycles. The van der Waals surface area contributed by atoms with Crippen molar-refractivity contribution in [1.82, 2.24) is 0 Å². The SMILES string of the molecule is COc1cccc(Nc2ccc(C)c(O)c2)c1. The van der Waals surface area contributed by atoms with Gasteiger partial charge in [0, 0.05) is 23.5 Å². The molecule has 17 heavy (non-hydrogen) atoms. The number of phenols is 1. The van der Waals surface area contributed by atoms with Crippen molar-refractivity contribution < 1.29 is 9.84 Å². The Kier molecular flexibility index (Phi) is 3.19. The van der Waals surface area contributed by atoms with Crippen molar-refractivity contribution in [2.45, 2.75) is 6.92 Å². The lowest BCUT2D eigenvalue weighted by Crippen LogP contribution is -1.91. The standard InChI is InChI=1S/C14H15NO2/c1-10-6-7-12(9-14(10)16)15-11-4-3-5-13(8-11)17-2/h3-9,15-16H,1-2H3. The lowest BCUT2D eigenvalue weighted by atomic mass is 10.2. The first-order chi connectivity index (χ1) is 8.19. The Morgan fingerprint density at radius 1 is 1.06 bits per heavy atom. The van der Waals surface area contributed by atoms with Gasteiger partial charge < -0.3 is 15.2 Å². The largest absolute Gasteiger partial charge is 0.508 e. The molecule has 0 aromatic heterocycles. The summed E-state index contributed by atoms with van der Waals surface area (Å²) in [5.41, 5.74) is 2.63. The predicted octanol–water partition coefficient (Wildman–Crippen LogP) is 3.45. The molecule has 0 unspecified atom stereocenters. The second-order valence-corrected chi connectivity index (χ2v) is 3.86. The number of ether oxygens (including phenoxy) is 1. The number of methoxy groups -OCH3 is 1. The van der Waals surface area contributed by atoms with Crippen molar-refractivity contribution >= 4 is 11.4 Å². The van der Waals surface area contributed by atoms with E-state index < -0.39 is 0 Å². The highest BCUT2D eigenvalue weighted by atomic mass is 16.5. The molecule has 2 aromatic carbocycles. The van der Waals surface area contributed by atoms with E-state index in [2.05, 4.69) is 5.32 Å². The summed E-state index contributed by atoms with van der Waals surface area (Å²) in [6.07, 6.45) is 0. The van der Waals surface area contributed by atoms with Gasteiger partial charge in [0.05, 0.1) is 7.11 Å². The van der Waals surface area contributed by atoms with E-state index in [-0.39, 0.29) is 5.75 Å². The minimum Gasteiger partial charge on any atom is -0.508 e. The highest BCUT2D eigenvalue weighted by Gasteiger charge is 2.00. The topological polar surface area (TPSA) is 41.5 Å². The summed E-state index contributed by atoms with van der Waals surface area (Å²) in [6.45, 7) is 1.87. The summed E-state index contributed by atoms with van der Waals surface area (Å²) in [5.74, 6) is 1.09. The van der Waals surface area contributed by atoms with Crippen LogP contribution in [0, 0.1) is 6.92 Å². The number of nitrogens with one attached hydrogen (secondary N) is 1. The summed E-state index contributed by atoms with van der Waals surface area (Å²) in [5, 5.41) is 12.8. The monoisotopic (exact) mass is 229 g/mol. The Hall–Kier alpha value is -2.16. The third-order valence-corrected chi connectivity index (χ3v) is 2.57. The summed E-state index contributed by atoms with van der Waals surface area (Å²) in [6, 6.07) is 13.1. The van der Waals surface area contributed by atoms with Gasteiger partial charge in [-0.1, -0.05) is 12.1 Å². The van der Waals surface area contributed by atoms with Gasteiger partial charge in [-0.3, -0.25) is 0 Å². The van der Waals surface area contributed by atoms with Gasteiger partial charge in [0.15, 0.2) is 0 Å². The van der Waals surface area contributed by atoms with Crippen LogP contribution < -0.4 is 10.1 Å². The average molecular weight is 229 g/mol. The highest BCUT2D eigenvalue weighted by Crippen LogP contribution is 2.25. The Morgan fingerprint density at radius 3 is 2.53 bits per heavy atom. The maximum Gasteiger partial charge on any atom is 0.120 e. The van der Waals surface area contributed by atoms with Gasteiger partial charge in [0.2, 0.25) is 0 Å². The molecule has 0 radical (unpaired) electrons. The molecule has 0 aliphatic rings. The fourth-order valence-electron chi connectivity index (χ4n) is 1.55. The number of hydrogen-bond acceptors (Lipinski definition) is 3. The smallest absolute Gasteiger partial charge is 0.120 e. The Labute approximate surface area is 101 Å². The molecule has 3 nitrogen and oxygen atoms in total. The Morgan fingerprint density at radius 2 is 1.82 bits per heavy atom. The van der Waals surface area contributed by atoms with Crippen LogP contribution in [0.1, 0.15) is 5.56 Å². The number of hydrogen-bond donors (Lipinski definition) is 2. The number of phenolic OH excluding ortho intramolecular Hbond substituents is 1. The van der Waals surface area contributed by atoms with Crippen LogP contribution in [0.3, 0.4) is 0 Å². The molecular formula is C14H15NO2. The maximum absolute atomic E-state index is 9.61. The summed E-state index contributed by atoms with van der Waals surface area (Å²) >= 11 is 0. The molecule has 0 amide bonds. The Balaban J connectivity index is 2.22. The van der Waals surface area contributed by atoms with Crippen molar-refractivity contribution in [3.05, 3.63) is 48.0 Å². The lowest BCUT2D eigenvalue weighted by molar-refractivity contribution is 0.415. The van der Waals surface area contributed by atoms with Gasteiger partial charge in [-0.2, -0.15) is 0 Å². The van der Waals surface area contributed by atoms with E-state index in [4.69, 9.17) is 4.74 Å². The molecule has 88 valence electrons. The normalized spacial score (nSPS) is 10.0. The third-order valence-electron chi connectivity index (χ3n) is 2.57. The third kappa shape index (κ3) is 2.69. The molecule has 3 heteroatoms. The summed E-state index contributed by atoms with van der Waals surface area (Å²) in [7, 11) is 1.64. The first kappa shape index (κ1) is 11.3. The first-order valence-electron chi connectivity index (χ1n) is 5.40. The maximum atomic E-state index is 9.61.